The highest BCUT2D eigenvalue weighted by atomic mass is 16.5. The molecule has 0 atom stereocenters. The monoisotopic (exact) mass is 443 g/mol. The van der Waals surface area contributed by atoms with Gasteiger partial charge in [-0.2, -0.15) is 0 Å². The Kier molecular flexibility index (Phi) is 8.95. The van der Waals surface area contributed by atoms with E-state index in [9.17, 15) is 9.59 Å². The summed E-state index contributed by atoms with van der Waals surface area (Å²) in [6.45, 7) is 1.83. The number of hydrogen-bond acceptors (Lipinski definition) is 7. The summed E-state index contributed by atoms with van der Waals surface area (Å²) in [6, 6.07) is 6.90. The van der Waals surface area contributed by atoms with E-state index in [0.717, 1.165) is 5.56 Å². The summed E-state index contributed by atoms with van der Waals surface area (Å²) >= 11 is 0. The molecule has 0 spiro atoms. The van der Waals surface area contributed by atoms with Gasteiger partial charge in [-0.1, -0.05) is 0 Å². The van der Waals surface area contributed by atoms with Crippen molar-refractivity contribution in [2.24, 2.45) is 0 Å². The van der Waals surface area contributed by atoms with Crippen LogP contribution in [0, 0.1) is 0 Å². The van der Waals surface area contributed by atoms with Gasteiger partial charge in [0.1, 0.15) is 0 Å². The lowest BCUT2D eigenvalue weighted by Crippen LogP contribution is -2.23. The lowest BCUT2D eigenvalue weighted by molar-refractivity contribution is -0.118. The van der Waals surface area contributed by atoms with Crippen LogP contribution in [0.15, 0.2) is 30.3 Å². The van der Waals surface area contributed by atoms with Crippen LogP contribution >= 0.6 is 0 Å². The van der Waals surface area contributed by atoms with Gasteiger partial charge in [0, 0.05) is 24.6 Å². The maximum absolute atomic E-state index is 13.1. The molecule has 172 valence electrons. The molecule has 8 heteroatoms. The first-order chi connectivity index (χ1) is 15.4. The predicted molar refractivity (Wildman–Crippen MR) is 121 cm³/mol. The summed E-state index contributed by atoms with van der Waals surface area (Å²) in [4.78, 5) is 24.3. The van der Waals surface area contributed by atoms with Crippen molar-refractivity contribution in [3.63, 3.8) is 0 Å². The van der Waals surface area contributed by atoms with Gasteiger partial charge in [-0.3, -0.25) is 9.59 Å². The zero-order chi connectivity index (χ0) is 23.7. The third kappa shape index (κ3) is 5.72. The van der Waals surface area contributed by atoms with Gasteiger partial charge in [0.15, 0.2) is 28.8 Å². The number of rotatable bonds is 11. The Morgan fingerprint density at radius 1 is 0.844 bits per heavy atom. The Labute approximate surface area is 188 Å². The molecule has 2 rings (SSSR count). The van der Waals surface area contributed by atoms with Crippen LogP contribution in [-0.4, -0.2) is 53.8 Å². The number of carbonyl (C=O) groups is 2. The van der Waals surface area contributed by atoms with Crippen LogP contribution in [0.1, 0.15) is 28.4 Å². The second kappa shape index (κ2) is 11.6. The van der Waals surface area contributed by atoms with Crippen molar-refractivity contribution in [2.45, 2.75) is 13.3 Å². The number of ether oxygens (including phenoxy) is 5. The zero-order valence-corrected chi connectivity index (χ0v) is 19.2. The van der Waals surface area contributed by atoms with Gasteiger partial charge in [-0.15, -0.1) is 0 Å². The van der Waals surface area contributed by atoms with Crippen molar-refractivity contribution >= 4 is 17.8 Å². The van der Waals surface area contributed by atoms with Gasteiger partial charge in [-0.25, -0.2) is 0 Å². The molecule has 32 heavy (non-hydrogen) atoms. The highest BCUT2D eigenvalue weighted by molar-refractivity contribution is 6.08. The fourth-order valence-electron chi connectivity index (χ4n) is 3.24. The van der Waals surface area contributed by atoms with E-state index in [1.165, 1.54) is 48.5 Å². The molecule has 0 unspecified atom stereocenters. The second-order valence-electron chi connectivity index (χ2n) is 6.72. The Morgan fingerprint density at radius 2 is 1.47 bits per heavy atom. The van der Waals surface area contributed by atoms with Crippen molar-refractivity contribution in [1.82, 2.24) is 5.32 Å². The fraction of sp³-hybridized carbons (Fsp3) is 0.333. The lowest BCUT2D eigenvalue weighted by Gasteiger charge is -2.15. The minimum absolute atomic E-state index is 0.140. The Bertz CT molecular complexity index is 998. The summed E-state index contributed by atoms with van der Waals surface area (Å²) in [5.74, 6) is 1.98. The number of benzene rings is 2. The molecular formula is C24H29NO7. The molecule has 0 bridgehead atoms. The lowest BCUT2D eigenvalue weighted by atomic mass is 9.98. The van der Waals surface area contributed by atoms with E-state index in [2.05, 4.69) is 5.32 Å². The van der Waals surface area contributed by atoms with Crippen molar-refractivity contribution in [2.75, 3.05) is 42.1 Å². The van der Waals surface area contributed by atoms with E-state index < -0.39 is 0 Å². The number of methoxy groups -OCH3 is 5. The van der Waals surface area contributed by atoms with Gasteiger partial charge in [0.05, 0.1) is 35.5 Å². The average Bonchev–Trinajstić information content (AvgIpc) is 2.80. The van der Waals surface area contributed by atoms with E-state index in [0.29, 0.717) is 52.8 Å². The van der Waals surface area contributed by atoms with Gasteiger partial charge < -0.3 is 29.0 Å². The first-order valence-electron chi connectivity index (χ1n) is 9.90. The molecule has 0 aliphatic carbocycles. The zero-order valence-electron chi connectivity index (χ0n) is 19.2. The van der Waals surface area contributed by atoms with E-state index in [-0.39, 0.29) is 11.7 Å². The molecule has 8 nitrogen and oxygen atoms in total. The van der Waals surface area contributed by atoms with Crippen LogP contribution in [0.25, 0.3) is 6.08 Å². The number of amides is 1. The van der Waals surface area contributed by atoms with E-state index in [1.807, 2.05) is 0 Å². The maximum atomic E-state index is 13.1. The van der Waals surface area contributed by atoms with Crippen LogP contribution in [0.2, 0.25) is 0 Å². The van der Waals surface area contributed by atoms with Crippen molar-refractivity contribution < 1.29 is 33.3 Å². The average molecular weight is 443 g/mol. The molecule has 1 N–H and O–H groups in total. The molecule has 0 saturated carbocycles. The third-order valence-corrected chi connectivity index (χ3v) is 4.79. The van der Waals surface area contributed by atoms with Crippen LogP contribution in [0.5, 0.6) is 28.7 Å². The van der Waals surface area contributed by atoms with Crippen LogP contribution in [0.4, 0.5) is 0 Å². The standard InChI is InChI=1S/C24H29NO7/c1-15(26)25-12-11-17-13-21(29-3)22(30-4)14-18(17)19(27)9-7-16-8-10-20(28-2)24(32-6)23(16)31-5/h7-10,13-14H,11-12H2,1-6H3,(H,25,26)/b9-7+. The summed E-state index contributed by atoms with van der Waals surface area (Å²) in [6.07, 6.45) is 3.55. The molecular weight excluding hydrogens is 414 g/mol. The Balaban J connectivity index is 2.43. The largest absolute Gasteiger partial charge is 0.493 e. The summed E-state index contributed by atoms with van der Waals surface area (Å²) in [7, 11) is 7.61. The van der Waals surface area contributed by atoms with Crippen LogP contribution in [0.3, 0.4) is 0 Å². The van der Waals surface area contributed by atoms with E-state index in [1.54, 1.807) is 30.3 Å². The number of carbonyl (C=O) groups excluding carboxylic acids is 2. The van der Waals surface area contributed by atoms with Crippen molar-refractivity contribution in [3.8, 4) is 28.7 Å². The highest BCUT2D eigenvalue weighted by Gasteiger charge is 2.17. The number of hydrogen-bond donors (Lipinski definition) is 1. The normalized spacial score (nSPS) is 10.6. The maximum Gasteiger partial charge on any atom is 0.216 e. The fourth-order valence-corrected chi connectivity index (χ4v) is 3.24. The minimum atomic E-state index is -0.236. The molecule has 0 fully saturated rings. The van der Waals surface area contributed by atoms with E-state index >= 15 is 0 Å². The molecule has 0 saturated heterocycles. The van der Waals surface area contributed by atoms with Gasteiger partial charge in [0.25, 0.3) is 0 Å². The van der Waals surface area contributed by atoms with Gasteiger partial charge in [0.2, 0.25) is 11.7 Å². The smallest absolute Gasteiger partial charge is 0.216 e. The molecule has 2 aromatic rings. The Hall–Kier alpha value is -3.68. The van der Waals surface area contributed by atoms with Gasteiger partial charge >= 0.3 is 0 Å². The number of ketones is 1. The first kappa shape index (κ1) is 24.6. The topological polar surface area (TPSA) is 92.3 Å². The van der Waals surface area contributed by atoms with Crippen LogP contribution in [-0.2, 0) is 11.2 Å². The van der Waals surface area contributed by atoms with Crippen molar-refractivity contribution in [3.05, 3.63) is 47.0 Å². The molecule has 0 aromatic heterocycles. The third-order valence-electron chi connectivity index (χ3n) is 4.79. The summed E-state index contributed by atoms with van der Waals surface area (Å²) in [5.41, 5.74) is 1.83. The van der Waals surface area contributed by atoms with Crippen LogP contribution < -0.4 is 29.0 Å². The second-order valence-corrected chi connectivity index (χ2v) is 6.72. The summed E-state index contributed by atoms with van der Waals surface area (Å²) in [5, 5.41) is 2.74. The summed E-state index contributed by atoms with van der Waals surface area (Å²) < 4.78 is 26.9. The molecule has 2 aromatic carbocycles. The minimum Gasteiger partial charge on any atom is -0.493 e. The number of allylic oxidation sites excluding steroid dienone is 1. The number of nitrogens with one attached hydrogen (secondary N) is 1. The first-order valence-corrected chi connectivity index (χ1v) is 9.90. The van der Waals surface area contributed by atoms with E-state index in [4.69, 9.17) is 23.7 Å². The van der Waals surface area contributed by atoms with Gasteiger partial charge in [-0.05, 0) is 48.4 Å². The SMILES string of the molecule is COc1cc(CCNC(C)=O)c(C(=O)/C=C/c2ccc(OC)c(OC)c2OC)cc1OC. The Morgan fingerprint density at radius 3 is 2.03 bits per heavy atom. The quantitative estimate of drug-likeness (QED) is 0.421. The van der Waals surface area contributed by atoms with Crippen molar-refractivity contribution in [1.29, 1.82) is 0 Å². The highest BCUT2D eigenvalue weighted by Crippen LogP contribution is 2.40. The molecule has 1 amide bonds. The molecule has 0 heterocycles. The molecule has 0 aliphatic rings. The molecule has 0 aliphatic heterocycles. The predicted octanol–water partition coefficient (Wildman–Crippen LogP) is 3.30. The molecule has 0 radical (unpaired) electrons.